The second-order valence-corrected chi connectivity index (χ2v) is 3.70. The summed E-state index contributed by atoms with van der Waals surface area (Å²) < 4.78 is 5.59. The third-order valence-electron chi connectivity index (χ3n) is 2.37. The summed E-state index contributed by atoms with van der Waals surface area (Å²) >= 11 is 6.02. The van der Waals surface area contributed by atoms with Gasteiger partial charge in [0.1, 0.15) is 5.76 Å². The minimum atomic E-state index is 0.627. The molecule has 0 atom stereocenters. The van der Waals surface area contributed by atoms with Gasteiger partial charge in [0.05, 0.1) is 5.02 Å². The number of nitrogens with two attached hydrogens (primary N) is 1. The maximum absolute atomic E-state index is 6.02. The van der Waals surface area contributed by atoms with Crippen LogP contribution in [-0.4, -0.2) is 6.54 Å². The van der Waals surface area contributed by atoms with Gasteiger partial charge in [0.2, 0.25) is 0 Å². The van der Waals surface area contributed by atoms with Crippen LogP contribution in [0.4, 0.5) is 0 Å². The average Bonchev–Trinajstić information content (AvgIpc) is 2.47. The van der Waals surface area contributed by atoms with E-state index in [-0.39, 0.29) is 0 Å². The van der Waals surface area contributed by atoms with E-state index in [2.05, 4.69) is 0 Å². The van der Waals surface area contributed by atoms with Crippen LogP contribution in [0.5, 0.6) is 0 Å². The minimum absolute atomic E-state index is 0.627. The molecule has 0 bridgehead atoms. The van der Waals surface area contributed by atoms with Crippen molar-refractivity contribution in [1.29, 1.82) is 0 Å². The molecule has 74 valence electrons. The first-order valence-electron chi connectivity index (χ1n) is 4.60. The number of benzene rings is 1. The largest absolute Gasteiger partial charge is 0.460 e. The molecule has 0 fully saturated rings. The third kappa shape index (κ3) is 1.41. The fraction of sp³-hybridized carbons (Fsp3) is 0.273. The Morgan fingerprint density at radius 2 is 2.21 bits per heavy atom. The zero-order chi connectivity index (χ0) is 10.1. The van der Waals surface area contributed by atoms with Crippen LogP contribution in [0.1, 0.15) is 11.3 Å². The first-order valence-corrected chi connectivity index (χ1v) is 4.98. The molecule has 2 rings (SSSR count). The standard InChI is InChI=1S/C11H12ClNO/c1-7-8(5-6-13)9-3-2-4-10(12)11(9)14-7/h2-4H,5-6,13H2,1H3. The third-order valence-corrected chi connectivity index (χ3v) is 2.66. The van der Waals surface area contributed by atoms with Gasteiger partial charge in [-0.1, -0.05) is 23.7 Å². The highest BCUT2D eigenvalue weighted by atomic mass is 35.5. The molecule has 0 aliphatic rings. The lowest BCUT2D eigenvalue weighted by Crippen LogP contribution is -2.02. The van der Waals surface area contributed by atoms with Crippen LogP contribution in [-0.2, 0) is 6.42 Å². The lowest BCUT2D eigenvalue weighted by Gasteiger charge is -1.95. The number of para-hydroxylation sites is 1. The maximum Gasteiger partial charge on any atom is 0.153 e. The van der Waals surface area contributed by atoms with E-state index < -0.39 is 0 Å². The Balaban J connectivity index is 2.70. The molecule has 1 heterocycles. The van der Waals surface area contributed by atoms with Gasteiger partial charge in [-0.25, -0.2) is 0 Å². The molecular weight excluding hydrogens is 198 g/mol. The minimum Gasteiger partial charge on any atom is -0.460 e. The lowest BCUT2D eigenvalue weighted by atomic mass is 10.1. The van der Waals surface area contributed by atoms with Gasteiger partial charge in [0.25, 0.3) is 0 Å². The molecule has 0 aliphatic carbocycles. The number of furan rings is 1. The highest BCUT2D eigenvalue weighted by Crippen LogP contribution is 2.30. The molecule has 2 N–H and O–H groups in total. The molecule has 0 radical (unpaired) electrons. The summed E-state index contributed by atoms with van der Waals surface area (Å²) in [4.78, 5) is 0. The van der Waals surface area contributed by atoms with E-state index >= 15 is 0 Å². The Hall–Kier alpha value is -0.990. The molecule has 2 nitrogen and oxygen atoms in total. The Bertz CT molecular complexity index is 462. The quantitative estimate of drug-likeness (QED) is 0.826. The van der Waals surface area contributed by atoms with Crippen molar-refractivity contribution in [3.05, 3.63) is 34.5 Å². The van der Waals surface area contributed by atoms with Crippen molar-refractivity contribution in [3.8, 4) is 0 Å². The van der Waals surface area contributed by atoms with Crippen molar-refractivity contribution < 1.29 is 4.42 Å². The lowest BCUT2D eigenvalue weighted by molar-refractivity contribution is 0.572. The number of halogens is 1. The average molecular weight is 210 g/mol. The van der Waals surface area contributed by atoms with Crippen LogP contribution in [0.15, 0.2) is 22.6 Å². The number of hydrogen-bond acceptors (Lipinski definition) is 2. The zero-order valence-electron chi connectivity index (χ0n) is 8.01. The van der Waals surface area contributed by atoms with Crippen molar-refractivity contribution >= 4 is 22.6 Å². The van der Waals surface area contributed by atoms with Gasteiger partial charge in [-0.05, 0) is 26.0 Å². The number of aryl methyl sites for hydroxylation is 1. The van der Waals surface area contributed by atoms with Crippen LogP contribution < -0.4 is 5.73 Å². The van der Waals surface area contributed by atoms with Gasteiger partial charge in [0, 0.05) is 10.9 Å². The molecule has 2 aromatic rings. The van der Waals surface area contributed by atoms with E-state index in [1.807, 2.05) is 25.1 Å². The Labute approximate surface area is 87.6 Å². The van der Waals surface area contributed by atoms with E-state index in [4.69, 9.17) is 21.8 Å². The van der Waals surface area contributed by atoms with Gasteiger partial charge in [-0.3, -0.25) is 0 Å². The summed E-state index contributed by atoms with van der Waals surface area (Å²) in [5, 5.41) is 1.74. The molecule has 0 unspecified atom stereocenters. The van der Waals surface area contributed by atoms with Gasteiger partial charge in [-0.2, -0.15) is 0 Å². The van der Waals surface area contributed by atoms with Gasteiger partial charge in [-0.15, -0.1) is 0 Å². The molecular formula is C11H12ClNO. The summed E-state index contributed by atoms with van der Waals surface area (Å²) in [6.45, 7) is 2.57. The topological polar surface area (TPSA) is 39.2 Å². The smallest absolute Gasteiger partial charge is 0.153 e. The number of fused-ring (bicyclic) bond motifs is 1. The molecule has 0 spiro atoms. The van der Waals surface area contributed by atoms with E-state index in [1.54, 1.807) is 0 Å². The van der Waals surface area contributed by atoms with Crippen LogP contribution >= 0.6 is 11.6 Å². The fourth-order valence-corrected chi connectivity index (χ4v) is 1.92. The summed E-state index contributed by atoms with van der Waals surface area (Å²) in [7, 11) is 0. The maximum atomic E-state index is 6.02. The van der Waals surface area contributed by atoms with Crippen LogP contribution in [0.3, 0.4) is 0 Å². The monoisotopic (exact) mass is 209 g/mol. The number of hydrogen-bond donors (Lipinski definition) is 1. The molecule has 0 saturated heterocycles. The Morgan fingerprint density at radius 3 is 2.93 bits per heavy atom. The van der Waals surface area contributed by atoms with Crippen LogP contribution in [0, 0.1) is 6.92 Å². The summed E-state index contributed by atoms with van der Waals surface area (Å²) in [5.74, 6) is 0.915. The van der Waals surface area contributed by atoms with Gasteiger partial charge >= 0.3 is 0 Å². The molecule has 0 aliphatic heterocycles. The van der Waals surface area contributed by atoms with Crippen molar-refractivity contribution in [2.75, 3.05) is 6.54 Å². The second kappa shape index (κ2) is 3.64. The van der Waals surface area contributed by atoms with Crippen LogP contribution in [0.25, 0.3) is 11.0 Å². The first-order chi connectivity index (χ1) is 6.74. The molecule has 0 saturated carbocycles. The molecule has 3 heteroatoms. The van der Waals surface area contributed by atoms with Crippen molar-refractivity contribution in [1.82, 2.24) is 0 Å². The Kier molecular flexibility index (Phi) is 2.48. The predicted octanol–water partition coefficient (Wildman–Crippen LogP) is 2.90. The molecule has 14 heavy (non-hydrogen) atoms. The van der Waals surface area contributed by atoms with Crippen LogP contribution in [0.2, 0.25) is 5.02 Å². The normalized spacial score (nSPS) is 11.1. The second-order valence-electron chi connectivity index (χ2n) is 3.29. The SMILES string of the molecule is Cc1oc2c(Cl)cccc2c1CCN. The Morgan fingerprint density at radius 1 is 1.43 bits per heavy atom. The van der Waals surface area contributed by atoms with Gasteiger partial charge < -0.3 is 10.2 Å². The van der Waals surface area contributed by atoms with Gasteiger partial charge in [0.15, 0.2) is 5.58 Å². The van der Waals surface area contributed by atoms with E-state index in [1.165, 1.54) is 5.56 Å². The molecule has 0 amide bonds. The number of rotatable bonds is 2. The summed E-state index contributed by atoms with van der Waals surface area (Å²) in [5.41, 5.74) is 7.49. The first kappa shape index (κ1) is 9.56. The van der Waals surface area contributed by atoms with Crippen molar-refractivity contribution in [2.24, 2.45) is 5.73 Å². The fourth-order valence-electron chi connectivity index (χ4n) is 1.71. The highest BCUT2D eigenvalue weighted by molar-refractivity contribution is 6.34. The predicted molar refractivity (Wildman–Crippen MR) is 58.7 cm³/mol. The van der Waals surface area contributed by atoms with E-state index in [0.717, 1.165) is 23.2 Å². The van der Waals surface area contributed by atoms with Crippen molar-refractivity contribution in [2.45, 2.75) is 13.3 Å². The molecule has 1 aromatic heterocycles. The highest BCUT2D eigenvalue weighted by Gasteiger charge is 2.11. The van der Waals surface area contributed by atoms with Crippen molar-refractivity contribution in [3.63, 3.8) is 0 Å². The summed E-state index contributed by atoms with van der Waals surface area (Å²) in [6.07, 6.45) is 0.833. The molecule has 1 aromatic carbocycles. The summed E-state index contributed by atoms with van der Waals surface area (Å²) in [6, 6.07) is 5.78. The van der Waals surface area contributed by atoms with E-state index in [0.29, 0.717) is 11.6 Å². The van der Waals surface area contributed by atoms with E-state index in [9.17, 15) is 0 Å². The zero-order valence-corrected chi connectivity index (χ0v) is 8.77.